The highest BCUT2D eigenvalue weighted by molar-refractivity contribution is 7.89. The number of hydrogen-bond donors (Lipinski definition) is 1. The number of nitrogens with zero attached hydrogens (tertiary/aromatic N) is 1. The van der Waals surface area contributed by atoms with E-state index in [1.807, 2.05) is 0 Å². The number of sulfonamides is 1. The first-order valence-corrected chi connectivity index (χ1v) is 10.1. The largest absolute Gasteiger partial charge is 0.354 e. The number of nitrogens with one attached hydrogen (secondary N) is 1. The third-order valence-electron chi connectivity index (χ3n) is 4.53. The molecule has 1 saturated heterocycles. The maximum absolute atomic E-state index is 13.2. The van der Waals surface area contributed by atoms with Crippen molar-refractivity contribution in [2.75, 3.05) is 13.1 Å². The highest BCUT2D eigenvalue weighted by Gasteiger charge is 2.39. The zero-order chi connectivity index (χ0) is 19.4. The predicted molar refractivity (Wildman–Crippen MR) is 96.4 cm³/mol. The lowest BCUT2D eigenvalue weighted by Gasteiger charge is -2.23. The van der Waals surface area contributed by atoms with E-state index in [-0.39, 0.29) is 29.7 Å². The molecule has 1 aliphatic rings. The van der Waals surface area contributed by atoms with E-state index in [0.717, 1.165) is 22.0 Å². The Morgan fingerprint density at radius 3 is 2.56 bits per heavy atom. The number of hydrogen-bond acceptors (Lipinski definition) is 3. The van der Waals surface area contributed by atoms with Crippen LogP contribution < -0.4 is 5.32 Å². The molecule has 2 aromatic rings. The molecule has 8 heteroatoms. The van der Waals surface area contributed by atoms with E-state index in [1.54, 1.807) is 12.1 Å². The molecule has 1 fully saturated rings. The minimum Gasteiger partial charge on any atom is -0.354 e. The minimum absolute atomic E-state index is 0.0386. The molecule has 1 atom stereocenters. The van der Waals surface area contributed by atoms with Gasteiger partial charge in [0.05, 0.1) is 4.90 Å². The summed E-state index contributed by atoms with van der Waals surface area (Å²) < 4.78 is 53.0. The van der Waals surface area contributed by atoms with Gasteiger partial charge in [0.2, 0.25) is 15.9 Å². The topological polar surface area (TPSA) is 66.5 Å². The molecule has 27 heavy (non-hydrogen) atoms. The van der Waals surface area contributed by atoms with Crippen LogP contribution in [-0.2, 0) is 21.2 Å². The second kappa shape index (κ2) is 8.14. The van der Waals surface area contributed by atoms with E-state index in [4.69, 9.17) is 0 Å². The van der Waals surface area contributed by atoms with Crippen LogP contribution in [0.3, 0.4) is 0 Å². The van der Waals surface area contributed by atoms with Gasteiger partial charge in [-0.2, -0.15) is 4.31 Å². The van der Waals surface area contributed by atoms with Crippen molar-refractivity contribution in [1.82, 2.24) is 9.62 Å². The summed E-state index contributed by atoms with van der Waals surface area (Å²) >= 11 is 0. The van der Waals surface area contributed by atoms with Crippen molar-refractivity contribution in [3.8, 4) is 0 Å². The van der Waals surface area contributed by atoms with Crippen molar-refractivity contribution in [2.45, 2.75) is 30.2 Å². The molecule has 1 N–H and O–H groups in total. The molecule has 0 saturated carbocycles. The van der Waals surface area contributed by atoms with Gasteiger partial charge in [-0.05, 0) is 61.2 Å². The van der Waals surface area contributed by atoms with Crippen LogP contribution in [0.25, 0.3) is 0 Å². The molecule has 5 nitrogen and oxygen atoms in total. The molecule has 1 amide bonds. The van der Waals surface area contributed by atoms with Crippen LogP contribution in [0.2, 0.25) is 0 Å². The Morgan fingerprint density at radius 2 is 1.85 bits per heavy atom. The lowest BCUT2D eigenvalue weighted by molar-refractivity contribution is -0.124. The third-order valence-corrected chi connectivity index (χ3v) is 6.45. The molecule has 0 radical (unpaired) electrons. The van der Waals surface area contributed by atoms with Gasteiger partial charge >= 0.3 is 0 Å². The van der Waals surface area contributed by atoms with Crippen LogP contribution >= 0.6 is 0 Å². The van der Waals surface area contributed by atoms with Crippen molar-refractivity contribution in [3.63, 3.8) is 0 Å². The molecule has 2 aromatic carbocycles. The van der Waals surface area contributed by atoms with Crippen molar-refractivity contribution in [1.29, 1.82) is 0 Å². The van der Waals surface area contributed by atoms with E-state index in [0.29, 0.717) is 19.3 Å². The molecule has 0 bridgehead atoms. The summed E-state index contributed by atoms with van der Waals surface area (Å²) in [6.07, 6.45) is 1.44. The molecule has 1 unspecified atom stereocenters. The summed E-state index contributed by atoms with van der Waals surface area (Å²) in [6, 6.07) is 9.85. The molecule has 3 rings (SSSR count). The van der Waals surface area contributed by atoms with E-state index < -0.39 is 21.9 Å². The maximum atomic E-state index is 13.2. The Labute approximate surface area is 157 Å². The fourth-order valence-corrected chi connectivity index (χ4v) is 4.83. The standard InChI is InChI=1S/C19H20F2N2O3S/c20-15-6-8-17(9-7-15)27(25,26)23-12-2-5-18(23)19(24)22-11-10-14-3-1-4-16(21)13-14/h1,3-4,6-9,13,18H,2,5,10-12H2,(H,22,24). The van der Waals surface area contributed by atoms with Gasteiger partial charge in [-0.1, -0.05) is 12.1 Å². The third kappa shape index (κ3) is 4.51. The summed E-state index contributed by atoms with van der Waals surface area (Å²) in [6.45, 7) is 0.519. The van der Waals surface area contributed by atoms with Crippen LogP contribution in [0.1, 0.15) is 18.4 Å². The Hall–Kier alpha value is -2.32. The fraction of sp³-hybridized carbons (Fsp3) is 0.316. The van der Waals surface area contributed by atoms with Gasteiger partial charge in [-0.3, -0.25) is 4.79 Å². The average Bonchev–Trinajstić information content (AvgIpc) is 3.13. The van der Waals surface area contributed by atoms with Gasteiger partial charge in [-0.15, -0.1) is 0 Å². The number of halogens is 2. The van der Waals surface area contributed by atoms with E-state index in [2.05, 4.69) is 5.32 Å². The Morgan fingerprint density at radius 1 is 1.11 bits per heavy atom. The lowest BCUT2D eigenvalue weighted by Crippen LogP contribution is -2.46. The first-order valence-electron chi connectivity index (χ1n) is 8.67. The smallest absolute Gasteiger partial charge is 0.243 e. The van der Waals surface area contributed by atoms with Gasteiger partial charge in [-0.25, -0.2) is 17.2 Å². The normalized spacial score (nSPS) is 17.8. The average molecular weight is 394 g/mol. The number of amides is 1. The van der Waals surface area contributed by atoms with Crippen LogP contribution in [0, 0.1) is 11.6 Å². The molecule has 0 spiro atoms. The summed E-state index contributed by atoms with van der Waals surface area (Å²) in [5, 5.41) is 2.73. The fourth-order valence-electron chi connectivity index (χ4n) is 3.17. The highest BCUT2D eigenvalue weighted by Crippen LogP contribution is 2.26. The van der Waals surface area contributed by atoms with Crippen LogP contribution in [-0.4, -0.2) is 37.8 Å². The van der Waals surface area contributed by atoms with Crippen molar-refractivity contribution >= 4 is 15.9 Å². The highest BCUT2D eigenvalue weighted by atomic mass is 32.2. The first-order chi connectivity index (χ1) is 12.9. The van der Waals surface area contributed by atoms with Gasteiger partial charge in [0, 0.05) is 13.1 Å². The number of carbonyl (C=O) groups is 1. The van der Waals surface area contributed by atoms with Crippen molar-refractivity contribution < 1.29 is 22.0 Å². The number of carbonyl (C=O) groups excluding carboxylic acids is 1. The van der Waals surface area contributed by atoms with E-state index in [9.17, 15) is 22.0 Å². The predicted octanol–water partition coefficient (Wildman–Crippen LogP) is 2.48. The van der Waals surface area contributed by atoms with Gasteiger partial charge < -0.3 is 5.32 Å². The molecule has 144 valence electrons. The minimum atomic E-state index is -3.88. The van der Waals surface area contributed by atoms with E-state index >= 15 is 0 Å². The van der Waals surface area contributed by atoms with Crippen LogP contribution in [0.15, 0.2) is 53.4 Å². The first kappa shape index (κ1) is 19.4. The monoisotopic (exact) mass is 394 g/mol. The lowest BCUT2D eigenvalue weighted by atomic mass is 10.1. The molecule has 1 aliphatic heterocycles. The summed E-state index contributed by atoms with van der Waals surface area (Å²) in [5.74, 6) is -1.25. The number of benzene rings is 2. The molecule has 0 aliphatic carbocycles. The zero-order valence-electron chi connectivity index (χ0n) is 14.6. The van der Waals surface area contributed by atoms with Gasteiger partial charge in [0.25, 0.3) is 0 Å². The van der Waals surface area contributed by atoms with Crippen LogP contribution in [0.5, 0.6) is 0 Å². The second-order valence-electron chi connectivity index (χ2n) is 6.40. The van der Waals surface area contributed by atoms with Gasteiger partial charge in [0.15, 0.2) is 0 Å². The molecule has 0 aromatic heterocycles. The van der Waals surface area contributed by atoms with Gasteiger partial charge in [0.1, 0.15) is 17.7 Å². The Kier molecular flexibility index (Phi) is 5.86. The van der Waals surface area contributed by atoms with Crippen molar-refractivity contribution in [3.05, 3.63) is 65.7 Å². The quantitative estimate of drug-likeness (QED) is 0.819. The molecular formula is C19H20F2N2O3S. The van der Waals surface area contributed by atoms with Crippen molar-refractivity contribution in [2.24, 2.45) is 0 Å². The zero-order valence-corrected chi connectivity index (χ0v) is 15.4. The Bertz CT molecular complexity index is 917. The molecular weight excluding hydrogens is 374 g/mol. The second-order valence-corrected chi connectivity index (χ2v) is 8.29. The summed E-state index contributed by atoms with van der Waals surface area (Å²) in [5.41, 5.74) is 0.748. The number of rotatable bonds is 6. The van der Waals surface area contributed by atoms with Crippen LogP contribution in [0.4, 0.5) is 8.78 Å². The summed E-state index contributed by atoms with van der Waals surface area (Å²) in [7, 11) is -3.88. The maximum Gasteiger partial charge on any atom is 0.243 e. The molecule has 1 heterocycles. The van der Waals surface area contributed by atoms with E-state index in [1.165, 1.54) is 24.3 Å². The summed E-state index contributed by atoms with van der Waals surface area (Å²) in [4.78, 5) is 12.5. The SMILES string of the molecule is O=C(NCCc1cccc(F)c1)C1CCCN1S(=O)(=O)c1ccc(F)cc1. The Balaban J connectivity index is 1.64.